The van der Waals surface area contributed by atoms with Crippen molar-refractivity contribution in [3.8, 4) is 0 Å². The fourth-order valence-corrected chi connectivity index (χ4v) is 1.76. The quantitative estimate of drug-likeness (QED) is 0.511. The Hall–Kier alpha value is -0.370. The maximum absolute atomic E-state index is 10.4. The lowest BCUT2D eigenvalue weighted by atomic mass is 10.0. The molecule has 1 aliphatic carbocycles. The Kier molecular flexibility index (Phi) is 0.943. The molecule has 9 heavy (non-hydrogen) atoms. The molecular weight excluding hydrogens is 114 g/mol. The first-order valence-electron chi connectivity index (χ1n) is 3.58. The Morgan fingerprint density at radius 2 is 2.33 bits per heavy atom. The van der Waals surface area contributed by atoms with Gasteiger partial charge in [-0.05, 0) is 25.8 Å². The highest BCUT2D eigenvalue weighted by molar-refractivity contribution is 5.58. The molecule has 1 N–H and O–H groups in total. The zero-order valence-corrected chi connectivity index (χ0v) is 5.39. The lowest BCUT2D eigenvalue weighted by Gasteiger charge is -2.09. The molecule has 1 aliphatic heterocycles. The fraction of sp³-hybridized carbons (Fsp3) is 0.857. The van der Waals surface area contributed by atoms with E-state index in [4.69, 9.17) is 0 Å². The third kappa shape index (κ3) is 0.628. The van der Waals surface area contributed by atoms with E-state index in [1.807, 2.05) is 0 Å². The lowest BCUT2D eigenvalue weighted by Crippen LogP contribution is -2.29. The van der Waals surface area contributed by atoms with Crippen LogP contribution in [0.4, 0.5) is 0 Å². The summed E-state index contributed by atoms with van der Waals surface area (Å²) in [5, 5.41) is 3.38. The van der Waals surface area contributed by atoms with Gasteiger partial charge in [0, 0.05) is 11.5 Å². The van der Waals surface area contributed by atoms with Gasteiger partial charge in [-0.25, -0.2) is 0 Å². The van der Waals surface area contributed by atoms with Crippen molar-refractivity contribution in [1.29, 1.82) is 0 Å². The van der Waals surface area contributed by atoms with Gasteiger partial charge >= 0.3 is 0 Å². The summed E-state index contributed by atoms with van der Waals surface area (Å²) in [4.78, 5) is 10.4. The summed E-state index contributed by atoms with van der Waals surface area (Å²) in [5.41, 5.74) is 0.293. The van der Waals surface area contributed by atoms with Gasteiger partial charge in [-0.1, -0.05) is 0 Å². The van der Waals surface area contributed by atoms with Crippen molar-refractivity contribution in [2.24, 2.45) is 5.92 Å². The Labute approximate surface area is 54.6 Å². The Morgan fingerprint density at radius 1 is 1.56 bits per heavy atom. The minimum absolute atomic E-state index is 0.293. The van der Waals surface area contributed by atoms with Crippen LogP contribution in [0.1, 0.15) is 19.3 Å². The van der Waals surface area contributed by atoms with Crippen molar-refractivity contribution in [1.82, 2.24) is 5.32 Å². The first-order valence-corrected chi connectivity index (χ1v) is 3.58. The van der Waals surface area contributed by atoms with Crippen LogP contribution in [0.5, 0.6) is 0 Å². The van der Waals surface area contributed by atoms with Gasteiger partial charge in [0.15, 0.2) is 0 Å². The van der Waals surface area contributed by atoms with Crippen LogP contribution in [0.25, 0.3) is 0 Å². The van der Waals surface area contributed by atoms with Gasteiger partial charge in [0.2, 0.25) is 0 Å². The first-order chi connectivity index (χ1) is 4.37. The molecule has 0 aromatic carbocycles. The molecule has 0 amide bonds. The van der Waals surface area contributed by atoms with Crippen LogP contribution >= 0.6 is 0 Å². The minimum atomic E-state index is 0.293. The third-order valence-electron chi connectivity index (χ3n) is 2.60. The number of carbonyl (C=O) groups excluding carboxylic acids is 1. The van der Waals surface area contributed by atoms with Crippen molar-refractivity contribution in [3.05, 3.63) is 0 Å². The van der Waals surface area contributed by atoms with E-state index in [0.717, 1.165) is 19.3 Å². The van der Waals surface area contributed by atoms with Gasteiger partial charge in [0.05, 0.1) is 0 Å². The van der Waals surface area contributed by atoms with Gasteiger partial charge in [-0.15, -0.1) is 0 Å². The zero-order valence-electron chi connectivity index (χ0n) is 5.39. The number of rotatable bonds is 1. The molecule has 50 valence electrons. The summed E-state index contributed by atoms with van der Waals surface area (Å²) in [7, 11) is 0. The zero-order chi connectivity index (χ0) is 6.32. The van der Waals surface area contributed by atoms with Crippen LogP contribution in [0, 0.1) is 5.92 Å². The van der Waals surface area contributed by atoms with Gasteiger partial charge in [-0.3, -0.25) is 0 Å². The van der Waals surface area contributed by atoms with E-state index in [2.05, 4.69) is 5.32 Å². The summed E-state index contributed by atoms with van der Waals surface area (Å²) in [6, 6.07) is 0. The van der Waals surface area contributed by atoms with Gasteiger partial charge < -0.3 is 10.1 Å². The average Bonchev–Trinajstić information content (AvgIpc) is 2.45. The molecule has 1 saturated carbocycles. The average molecular weight is 125 g/mol. The highest BCUT2D eigenvalue weighted by Gasteiger charge is 2.51. The molecule has 0 bridgehead atoms. The smallest absolute Gasteiger partial charge is 0.124 e. The number of aldehydes is 1. The molecule has 2 aliphatic rings. The molecule has 2 fully saturated rings. The predicted octanol–water partition coefficient (Wildman–Crippen LogP) is 0.327. The number of nitrogens with one attached hydrogen (secondary N) is 1. The fourth-order valence-electron chi connectivity index (χ4n) is 1.76. The monoisotopic (exact) mass is 125 g/mol. The lowest BCUT2D eigenvalue weighted by molar-refractivity contribution is -0.111. The minimum Gasteiger partial charge on any atom is -0.311 e. The standard InChI is InChI=1S/C7H11NO/c9-5-6-1-4-8-7(6)2-3-7/h5-6,8H,1-4H2. The van der Waals surface area contributed by atoms with E-state index in [9.17, 15) is 4.79 Å². The van der Waals surface area contributed by atoms with Crippen LogP contribution in [0.15, 0.2) is 0 Å². The maximum Gasteiger partial charge on any atom is 0.124 e. The largest absolute Gasteiger partial charge is 0.311 e. The van der Waals surface area contributed by atoms with E-state index in [0.29, 0.717) is 11.5 Å². The molecule has 1 atom stereocenters. The van der Waals surface area contributed by atoms with Crippen molar-refractivity contribution in [2.75, 3.05) is 6.54 Å². The Balaban J connectivity index is 2.13. The first kappa shape index (κ1) is 5.42. The number of hydrogen-bond acceptors (Lipinski definition) is 2. The Bertz CT molecular complexity index is 140. The molecule has 2 rings (SSSR count). The van der Waals surface area contributed by atoms with Crippen molar-refractivity contribution in [3.63, 3.8) is 0 Å². The van der Waals surface area contributed by atoms with E-state index >= 15 is 0 Å². The molecule has 1 unspecified atom stereocenters. The number of hydrogen-bond donors (Lipinski definition) is 1. The molecule has 1 saturated heterocycles. The van der Waals surface area contributed by atoms with Crippen LogP contribution in [-0.4, -0.2) is 18.4 Å². The predicted molar refractivity (Wildman–Crippen MR) is 34.1 cm³/mol. The second-order valence-corrected chi connectivity index (χ2v) is 3.11. The van der Waals surface area contributed by atoms with Crippen LogP contribution in [0.3, 0.4) is 0 Å². The second-order valence-electron chi connectivity index (χ2n) is 3.11. The van der Waals surface area contributed by atoms with E-state index in [1.54, 1.807) is 0 Å². The van der Waals surface area contributed by atoms with Crippen molar-refractivity contribution >= 4 is 6.29 Å². The van der Waals surface area contributed by atoms with Gasteiger partial charge in [0.1, 0.15) is 6.29 Å². The maximum atomic E-state index is 10.4. The van der Waals surface area contributed by atoms with Crippen molar-refractivity contribution < 1.29 is 4.79 Å². The summed E-state index contributed by atoms with van der Waals surface area (Å²) >= 11 is 0. The molecule has 1 spiro atoms. The van der Waals surface area contributed by atoms with Gasteiger partial charge in [0.25, 0.3) is 0 Å². The topological polar surface area (TPSA) is 29.1 Å². The SMILES string of the molecule is O=CC1CCNC12CC2. The van der Waals surface area contributed by atoms with Crippen LogP contribution in [0.2, 0.25) is 0 Å². The second kappa shape index (κ2) is 1.57. The molecule has 1 heterocycles. The van der Waals surface area contributed by atoms with E-state index in [-0.39, 0.29) is 0 Å². The van der Waals surface area contributed by atoms with Crippen molar-refractivity contribution in [2.45, 2.75) is 24.8 Å². The molecule has 0 aromatic rings. The number of carbonyl (C=O) groups is 1. The summed E-state index contributed by atoms with van der Waals surface area (Å²) in [5.74, 6) is 0.331. The third-order valence-corrected chi connectivity index (χ3v) is 2.60. The Morgan fingerprint density at radius 3 is 2.78 bits per heavy atom. The molecule has 2 nitrogen and oxygen atoms in total. The molecular formula is C7H11NO. The van der Waals surface area contributed by atoms with Crippen LogP contribution in [-0.2, 0) is 4.79 Å². The highest BCUT2D eigenvalue weighted by atomic mass is 16.1. The van der Waals surface area contributed by atoms with E-state index < -0.39 is 0 Å². The van der Waals surface area contributed by atoms with Crippen LogP contribution < -0.4 is 5.32 Å². The highest BCUT2D eigenvalue weighted by Crippen LogP contribution is 2.45. The molecule has 0 radical (unpaired) electrons. The molecule has 2 heteroatoms. The van der Waals surface area contributed by atoms with E-state index in [1.165, 1.54) is 12.8 Å². The van der Waals surface area contributed by atoms with Gasteiger partial charge in [-0.2, -0.15) is 0 Å². The summed E-state index contributed by atoms with van der Waals surface area (Å²) in [6.45, 7) is 1.05. The summed E-state index contributed by atoms with van der Waals surface area (Å²) in [6.07, 6.45) is 4.61. The summed E-state index contributed by atoms with van der Waals surface area (Å²) < 4.78 is 0. The normalized spacial score (nSPS) is 37.1. The molecule has 0 aromatic heterocycles.